The summed E-state index contributed by atoms with van der Waals surface area (Å²) in [6.45, 7) is 0. The van der Waals surface area contributed by atoms with E-state index < -0.39 is 0 Å². The number of nitrogens with one attached hydrogen (secondary N) is 1. The largest absolute Gasteiger partial charge is 0.497 e. The topological polar surface area (TPSA) is 47.0 Å². The maximum atomic E-state index is 5.26. The van der Waals surface area contributed by atoms with E-state index in [1.54, 1.807) is 7.11 Å². The molecule has 3 rings (SSSR count). The van der Waals surface area contributed by atoms with Crippen molar-refractivity contribution < 1.29 is 4.74 Å². The summed E-state index contributed by atoms with van der Waals surface area (Å²) < 4.78 is 5.26. The van der Waals surface area contributed by atoms with Crippen molar-refractivity contribution in [2.24, 2.45) is 0 Å². The Kier molecular flexibility index (Phi) is 3.54. The fraction of sp³-hybridized carbons (Fsp3) is 0.375. The van der Waals surface area contributed by atoms with E-state index in [-0.39, 0.29) is 0 Å². The summed E-state index contributed by atoms with van der Waals surface area (Å²) in [5.74, 6) is 3.27. The van der Waals surface area contributed by atoms with Gasteiger partial charge in [0.15, 0.2) is 0 Å². The van der Waals surface area contributed by atoms with E-state index in [1.165, 1.54) is 24.1 Å². The average molecular weight is 269 g/mol. The Morgan fingerprint density at radius 1 is 1.25 bits per heavy atom. The molecule has 104 valence electrons. The van der Waals surface area contributed by atoms with Gasteiger partial charge in [-0.2, -0.15) is 0 Å². The van der Waals surface area contributed by atoms with Crippen LogP contribution >= 0.6 is 0 Å². The van der Waals surface area contributed by atoms with Crippen LogP contribution in [0.1, 0.15) is 35.8 Å². The van der Waals surface area contributed by atoms with Crippen LogP contribution in [0, 0.1) is 0 Å². The van der Waals surface area contributed by atoms with Gasteiger partial charge in [0, 0.05) is 31.1 Å². The average Bonchev–Trinajstić information content (AvgIpc) is 3.31. The lowest BCUT2D eigenvalue weighted by atomic mass is 10.1. The second kappa shape index (κ2) is 5.49. The molecule has 0 aliphatic heterocycles. The molecular weight excluding hydrogens is 250 g/mol. The molecule has 1 N–H and O–H groups in total. The van der Waals surface area contributed by atoms with Gasteiger partial charge in [-0.1, -0.05) is 12.1 Å². The number of aromatic nitrogens is 2. The van der Waals surface area contributed by atoms with Crippen LogP contribution in [0.5, 0.6) is 5.75 Å². The molecule has 0 saturated heterocycles. The number of benzene rings is 1. The minimum atomic E-state index is 0.633. The molecule has 1 fully saturated rings. The summed E-state index contributed by atoms with van der Waals surface area (Å²) in [5, 5.41) is 3.12. The first-order valence-electron chi connectivity index (χ1n) is 6.97. The summed E-state index contributed by atoms with van der Waals surface area (Å²) in [6, 6.07) is 10.1. The Labute approximate surface area is 119 Å². The van der Waals surface area contributed by atoms with Gasteiger partial charge in [-0.25, -0.2) is 9.97 Å². The first-order valence-corrected chi connectivity index (χ1v) is 6.97. The zero-order valence-corrected chi connectivity index (χ0v) is 11.9. The second-order valence-electron chi connectivity index (χ2n) is 5.15. The van der Waals surface area contributed by atoms with Gasteiger partial charge in [0.25, 0.3) is 0 Å². The van der Waals surface area contributed by atoms with Crippen LogP contribution in [0.2, 0.25) is 0 Å². The Balaban J connectivity index is 1.86. The van der Waals surface area contributed by atoms with Crippen molar-refractivity contribution in [1.82, 2.24) is 9.97 Å². The molecule has 20 heavy (non-hydrogen) atoms. The van der Waals surface area contributed by atoms with Gasteiger partial charge in [-0.15, -0.1) is 0 Å². The highest BCUT2D eigenvalue weighted by Gasteiger charge is 2.26. The van der Waals surface area contributed by atoms with Crippen LogP contribution in [0.25, 0.3) is 0 Å². The lowest BCUT2D eigenvalue weighted by Gasteiger charge is -2.08. The number of rotatable bonds is 5. The lowest BCUT2D eigenvalue weighted by Crippen LogP contribution is -2.04. The Morgan fingerprint density at radius 3 is 2.80 bits per heavy atom. The summed E-state index contributed by atoms with van der Waals surface area (Å²) in [6.07, 6.45) is 3.23. The summed E-state index contributed by atoms with van der Waals surface area (Å²) in [4.78, 5) is 9.25. The minimum Gasteiger partial charge on any atom is -0.497 e. The zero-order valence-electron chi connectivity index (χ0n) is 11.9. The number of nitrogens with zero attached hydrogens (tertiary/aromatic N) is 2. The smallest absolute Gasteiger partial charge is 0.135 e. The van der Waals surface area contributed by atoms with Crippen LogP contribution in [0.3, 0.4) is 0 Å². The third kappa shape index (κ3) is 2.90. The van der Waals surface area contributed by atoms with Crippen LogP contribution in [-0.2, 0) is 6.42 Å². The van der Waals surface area contributed by atoms with Crippen molar-refractivity contribution in [3.63, 3.8) is 0 Å². The maximum absolute atomic E-state index is 5.26. The lowest BCUT2D eigenvalue weighted by molar-refractivity contribution is 0.414. The number of methoxy groups -OCH3 is 1. The molecule has 2 aromatic rings. The highest BCUT2D eigenvalue weighted by Crippen LogP contribution is 2.39. The quantitative estimate of drug-likeness (QED) is 0.906. The molecule has 1 aromatic carbocycles. The van der Waals surface area contributed by atoms with Crippen molar-refractivity contribution in [1.29, 1.82) is 0 Å². The number of hydrogen-bond acceptors (Lipinski definition) is 4. The molecule has 4 nitrogen and oxygen atoms in total. The number of anilines is 1. The highest BCUT2D eigenvalue weighted by molar-refractivity contribution is 5.38. The zero-order chi connectivity index (χ0) is 13.9. The molecule has 1 heterocycles. The van der Waals surface area contributed by atoms with Gasteiger partial charge in [0.05, 0.1) is 7.11 Å². The predicted molar refractivity (Wildman–Crippen MR) is 79.4 cm³/mol. The van der Waals surface area contributed by atoms with Crippen LogP contribution < -0.4 is 10.1 Å². The first kappa shape index (κ1) is 12.9. The normalized spacial score (nSPS) is 14.1. The van der Waals surface area contributed by atoms with Crippen molar-refractivity contribution in [3.05, 3.63) is 47.4 Å². The molecule has 0 spiro atoms. The SMILES string of the molecule is CNc1cc(C2CC2)nc(Cc2cccc(OC)c2)n1. The number of hydrogen-bond donors (Lipinski definition) is 1. The first-order chi connectivity index (χ1) is 9.78. The van der Waals surface area contributed by atoms with Crippen LogP contribution in [-0.4, -0.2) is 24.1 Å². The van der Waals surface area contributed by atoms with E-state index in [9.17, 15) is 0 Å². The highest BCUT2D eigenvalue weighted by atomic mass is 16.5. The molecule has 0 radical (unpaired) electrons. The minimum absolute atomic E-state index is 0.633. The molecule has 0 bridgehead atoms. The fourth-order valence-corrected chi connectivity index (χ4v) is 2.28. The van der Waals surface area contributed by atoms with Gasteiger partial charge >= 0.3 is 0 Å². The summed E-state index contributed by atoms with van der Waals surface area (Å²) in [7, 11) is 3.58. The van der Waals surface area contributed by atoms with Crippen molar-refractivity contribution in [2.75, 3.05) is 19.5 Å². The van der Waals surface area contributed by atoms with Crippen molar-refractivity contribution >= 4 is 5.82 Å². The van der Waals surface area contributed by atoms with E-state index in [0.717, 1.165) is 23.8 Å². The Morgan fingerprint density at radius 2 is 2.10 bits per heavy atom. The van der Waals surface area contributed by atoms with Gasteiger partial charge in [0.2, 0.25) is 0 Å². The van der Waals surface area contributed by atoms with Crippen molar-refractivity contribution in [3.8, 4) is 5.75 Å². The number of ether oxygens (including phenoxy) is 1. The Hall–Kier alpha value is -2.10. The van der Waals surface area contributed by atoms with Crippen LogP contribution in [0.4, 0.5) is 5.82 Å². The molecule has 1 aliphatic rings. The molecule has 4 heteroatoms. The van der Waals surface area contributed by atoms with E-state index >= 15 is 0 Å². The summed E-state index contributed by atoms with van der Waals surface area (Å²) in [5.41, 5.74) is 2.33. The molecular formula is C16H19N3O. The predicted octanol–water partition coefficient (Wildman–Crippen LogP) is 3.00. The summed E-state index contributed by atoms with van der Waals surface area (Å²) >= 11 is 0. The van der Waals surface area contributed by atoms with Gasteiger partial charge in [-0.05, 0) is 30.5 Å². The molecule has 0 amide bonds. The molecule has 1 aliphatic carbocycles. The molecule has 0 atom stereocenters. The fourth-order valence-electron chi connectivity index (χ4n) is 2.28. The standard InChI is InChI=1S/C16H19N3O/c1-17-15-10-14(12-6-7-12)18-16(19-15)9-11-4-3-5-13(8-11)20-2/h3-5,8,10,12H,6-7,9H2,1-2H3,(H,17,18,19). The Bertz CT molecular complexity index is 608. The molecule has 1 aromatic heterocycles. The van der Waals surface area contributed by atoms with Gasteiger partial charge < -0.3 is 10.1 Å². The molecule has 1 saturated carbocycles. The monoisotopic (exact) mass is 269 g/mol. The third-order valence-electron chi connectivity index (χ3n) is 3.54. The second-order valence-corrected chi connectivity index (χ2v) is 5.15. The van der Waals surface area contributed by atoms with Gasteiger partial charge in [0.1, 0.15) is 17.4 Å². The molecule has 0 unspecified atom stereocenters. The van der Waals surface area contributed by atoms with Gasteiger partial charge in [-0.3, -0.25) is 0 Å². The van der Waals surface area contributed by atoms with Crippen LogP contribution in [0.15, 0.2) is 30.3 Å². The van der Waals surface area contributed by atoms with Crippen molar-refractivity contribution in [2.45, 2.75) is 25.2 Å². The maximum Gasteiger partial charge on any atom is 0.135 e. The van der Waals surface area contributed by atoms with E-state index in [1.807, 2.05) is 25.2 Å². The van der Waals surface area contributed by atoms with E-state index in [2.05, 4.69) is 22.4 Å². The van der Waals surface area contributed by atoms with E-state index in [0.29, 0.717) is 5.92 Å². The van der Waals surface area contributed by atoms with E-state index in [4.69, 9.17) is 9.72 Å². The third-order valence-corrected chi connectivity index (χ3v) is 3.54.